The first-order chi connectivity index (χ1) is 11.4. The second-order valence-corrected chi connectivity index (χ2v) is 7.59. The fourth-order valence-corrected chi connectivity index (χ4v) is 4.16. The van der Waals surface area contributed by atoms with Gasteiger partial charge in [-0.25, -0.2) is 4.98 Å². The van der Waals surface area contributed by atoms with E-state index in [4.69, 9.17) is 0 Å². The number of amides is 1. The van der Waals surface area contributed by atoms with Crippen molar-refractivity contribution in [3.05, 3.63) is 51.5 Å². The molecular weight excluding hydrogens is 324 g/mol. The molecule has 1 aromatic carbocycles. The van der Waals surface area contributed by atoms with E-state index in [1.165, 1.54) is 11.3 Å². The van der Waals surface area contributed by atoms with Gasteiger partial charge in [-0.05, 0) is 32.3 Å². The molecule has 5 nitrogen and oxygen atoms in total. The monoisotopic (exact) mass is 344 g/mol. The lowest BCUT2D eigenvalue weighted by Crippen LogP contribution is -2.49. The molecule has 0 atom stereocenters. The Morgan fingerprint density at radius 2 is 1.79 bits per heavy atom. The standard InChI is InChI=1S/C18H20N2O3S/c1-12-15(19-13(2)24-12)16(21)20-10-8-18(9-11-20,17(22)23)14-6-4-3-5-7-14/h3-7H,8-11H2,1-2H3,(H,22,23). The van der Waals surface area contributed by atoms with E-state index in [1.54, 1.807) is 4.90 Å². The summed E-state index contributed by atoms with van der Waals surface area (Å²) in [5, 5.41) is 10.7. The summed E-state index contributed by atoms with van der Waals surface area (Å²) >= 11 is 1.51. The van der Waals surface area contributed by atoms with Crippen molar-refractivity contribution in [1.29, 1.82) is 0 Å². The Morgan fingerprint density at radius 1 is 1.17 bits per heavy atom. The Bertz CT molecular complexity index is 762. The molecule has 6 heteroatoms. The van der Waals surface area contributed by atoms with Gasteiger partial charge in [0.05, 0.1) is 10.4 Å². The third-order valence-corrected chi connectivity index (χ3v) is 5.63. The topological polar surface area (TPSA) is 70.5 Å². The Morgan fingerprint density at radius 3 is 2.29 bits per heavy atom. The third-order valence-electron chi connectivity index (χ3n) is 4.75. The Hall–Kier alpha value is -2.21. The number of aliphatic carboxylic acids is 1. The average Bonchev–Trinajstić information content (AvgIpc) is 2.93. The molecule has 1 aromatic heterocycles. The fourth-order valence-electron chi connectivity index (χ4n) is 3.35. The highest BCUT2D eigenvalue weighted by Gasteiger charge is 2.44. The van der Waals surface area contributed by atoms with Crippen LogP contribution in [0.5, 0.6) is 0 Å². The molecule has 0 saturated carbocycles. The average molecular weight is 344 g/mol. The number of carbonyl (C=O) groups excluding carboxylic acids is 1. The van der Waals surface area contributed by atoms with Crippen LogP contribution in [0.2, 0.25) is 0 Å². The van der Waals surface area contributed by atoms with E-state index in [2.05, 4.69) is 4.98 Å². The van der Waals surface area contributed by atoms with Crippen LogP contribution >= 0.6 is 11.3 Å². The molecule has 3 rings (SSSR count). The maximum Gasteiger partial charge on any atom is 0.314 e. The van der Waals surface area contributed by atoms with Crippen LogP contribution in [0.15, 0.2) is 30.3 Å². The van der Waals surface area contributed by atoms with Crippen molar-refractivity contribution in [2.45, 2.75) is 32.1 Å². The van der Waals surface area contributed by atoms with E-state index in [9.17, 15) is 14.7 Å². The summed E-state index contributed by atoms with van der Waals surface area (Å²) in [6, 6.07) is 9.32. The predicted octanol–water partition coefficient (Wildman–Crippen LogP) is 3.02. The van der Waals surface area contributed by atoms with E-state index < -0.39 is 11.4 Å². The maximum atomic E-state index is 12.7. The molecule has 1 saturated heterocycles. The molecule has 0 aliphatic carbocycles. The molecule has 1 aliphatic heterocycles. The number of carboxylic acids is 1. The summed E-state index contributed by atoms with van der Waals surface area (Å²) < 4.78 is 0. The molecule has 1 amide bonds. The van der Waals surface area contributed by atoms with Crippen LogP contribution in [0, 0.1) is 13.8 Å². The first kappa shape index (κ1) is 16.6. The van der Waals surface area contributed by atoms with Crippen LogP contribution < -0.4 is 0 Å². The molecule has 0 unspecified atom stereocenters. The highest BCUT2D eigenvalue weighted by molar-refractivity contribution is 7.11. The molecule has 0 spiro atoms. The number of hydrogen-bond donors (Lipinski definition) is 1. The summed E-state index contributed by atoms with van der Waals surface area (Å²) in [6.45, 7) is 4.63. The number of carboxylic acid groups (broad SMARTS) is 1. The first-order valence-electron chi connectivity index (χ1n) is 7.96. The second-order valence-electron chi connectivity index (χ2n) is 6.18. The molecule has 24 heavy (non-hydrogen) atoms. The van der Waals surface area contributed by atoms with E-state index in [0.717, 1.165) is 15.4 Å². The lowest BCUT2D eigenvalue weighted by atomic mass is 9.73. The highest BCUT2D eigenvalue weighted by Crippen LogP contribution is 2.36. The van der Waals surface area contributed by atoms with Gasteiger partial charge in [0.2, 0.25) is 0 Å². The van der Waals surface area contributed by atoms with Gasteiger partial charge in [0.1, 0.15) is 5.69 Å². The van der Waals surface area contributed by atoms with Crippen molar-refractivity contribution in [2.75, 3.05) is 13.1 Å². The number of likely N-dealkylation sites (tertiary alicyclic amines) is 1. The fraction of sp³-hybridized carbons (Fsp3) is 0.389. The Kier molecular flexibility index (Phi) is 4.41. The number of carbonyl (C=O) groups is 2. The second kappa shape index (κ2) is 6.36. The summed E-state index contributed by atoms with van der Waals surface area (Å²) in [5.74, 6) is -0.912. The Balaban J connectivity index is 1.80. The van der Waals surface area contributed by atoms with Gasteiger partial charge in [-0.1, -0.05) is 30.3 Å². The molecule has 1 fully saturated rings. The zero-order valence-corrected chi connectivity index (χ0v) is 14.6. The molecule has 1 N–H and O–H groups in total. The van der Waals surface area contributed by atoms with Crippen LogP contribution in [0.25, 0.3) is 0 Å². The predicted molar refractivity (Wildman–Crippen MR) is 92.5 cm³/mol. The van der Waals surface area contributed by atoms with Gasteiger partial charge >= 0.3 is 5.97 Å². The number of benzene rings is 1. The zero-order valence-electron chi connectivity index (χ0n) is 13.8. The van der Waals surface area contributed by atoms with Gasteiger partial charge in [-0.15, -0.1) is 11.3 Å². The van der Waals surface area contributed by atoms with Crippen LogP contribution in [-0.2, 0) is 10.2 Å². The minimum atomic E-state index is -0.912. The van der Waals surface area contributed by atoms with Gasteiger partial charge < -0.3 is 10.0 Å². The molecule has 2 heterocycles. The van der Waals surface area contributed by atoms with Crippen LogP contribution in [-0.4, -0.2) is 40.0 Å². The number of rotatable bonds is 3. The lowest BCUT2D eigenvalue weighted by Gasteiger charge is -2.39. The number of thiazole rings is 1. The molecule has 1 aliphatic rings. The van der Waals surface area contributed by atoms with Crippen molar-refractivity contribution >= 4 is 23.2 Å². The SMILES string of the molecule is Cc1nc(C(=O)N2CCC(C(=O)O)(c3ccccc3)CC2)c(C)s1. The molecule has 126 valence electrons. The molecular formula is C18H20N2O3S. The number of aromatic nitrogens is 1. The van der Waals surface area contributed by atoms with Crippen molar-refractivity contribution in [1.82, 2.24) is 9.88 Å². The van der Waals surface area contributed by atoms with E-state index in [0.29, 0.717) is 31.6 Å². The highest BCUT2D eigenvalue weighted by atomic mass is 32.1. The van der Waals surface area contributed by atoms with E-state index >= 15 is 0 Å². The normalized spacial score (nSPS) is 16.8. The minimum Gasteiger partial charge on any atom is -0.481 e. The minimum absolute atomic E-state index is 0.0936. The smallest absolute Gasteiger partial charge is 0.314 e. The molecule has 0 radical (unpaired) electrons. The van der Waals surface area contributed by atoms with Crippen molar-refractivity contribution in [3.63, 3.8) is 0 Å². The lowest BCUT2D eigenvalue weighted by molar-refractivity contribution is -0.145. The first-order valence-corrected chi connectivity index (χ1v) is 8.78. The van der Waals surface area contributed by atoms with Gasteiger partial charge in [0.15, 0.2) is 0 Å². The van der Waals surface area contributed by atoms with Gasteiger partial charge in [-0.2, -0.15) is 0 Å². The molecule has 0 bridgehead atoms. The largest absolute Gasteiger partial charge is 0.481 e. The van der Waals surface area contributed by atoms with Gasteiger partial charge in [-0.3, -0.25) is 9.59 Å². The van der Waals surface area contributed by atoms with Gasteiger partial charge in [0.25, 0.3) is 5.91 Å². The maximum absolute atomic E-state index is 12.7. The number of nitrogens with zero attached hydrogens (tertiary/aromatic N) is 2. The summed E-state index contributed by atoms with van der Waals surface area (Å²) in [5.41, 5.74) is 0.399. The van der Waals surface area contributed by atoms with Gasteiger partial charge in [0, 0.05) is 18.0 Å². The van der Waals surface area contributed by atoms with E-state index in [-0.39, 0.29) is 5.91 Å². The van der Waals surface area contributed by atoms with Crippen molar-refractivity contribution in [3.8, 4) is 0 Å². The number of aryl methyl sites for hydroxylation is 2. The van der Waals surface area contributed by atoms with Crippen molar-refractivity contribution < 1.29 is 14.7 Å². The van der Waals surface area contributed by atoms with E-state index in [1.807, 2.05) is 44.2 Å². The zero-order chi connectivity index (χ0) is 17.3. The summed E-state index contributed by atoms with van der Waals surface area (Å²) in [6.07, 6.45) is 0.834. The number of piperidine rings is 1. The summed E-state index contributed by atoms with van der Waals surface area (Å²) in [7, 11) is 0. The third kappa shape index (κ3) is 2.82. The van der Waals surface area contributed by atoms with Crippen molar-refractivity contribution in [2.24, 2.45) is 0 Å². The quantitative estimate of drug-likeness (QED) is 0.929. The Labute approximate surface area is 145 Å². The number of hydrogen-bond acceptors (Lipinski definition) is 4. The molecule has 2 aromatic rings. The van der Waals surface area contributed by atoms with Crippen LogP contribution in [0.3, 0.4) is 0 Å². The van der Waals surface area contributed by atoms with Crippen LogP contribution in [0.1, 0.15) is 38.8 Å². The van der Waals surface area contributed by atoms with Crippen LogP contribution in [0.4, 0.5) is 0 Å². The summed E-state index contributed by atoms with van der Waals surface area (Å²) in [4.78, 5) is 31.6.